The summed E-state index contributed by atoms with van der Waals surface area (Å²) in [6.07, 6.45) is 0.543. The molecule has 0 saturated carbocycles. The maximum absolute atomic E-state index is 11.5. The lowest BCUT2D eigenvalue weighted by molar-refractivity contribution is 0.0636. The highest BCUT2D eigenvalue weighted by Crippen LogP contribution is 2.13. The van der Waals surface area contributed by atoms with Crippen molar-refractivity contribution in [3.63, 3.8) is 0 Å². The Morgan fingerprint density at radius 1 is 1.44 bits per heavy atom. The molecule has 0 aliphatic heterocycles. The third-order valence-corrected chi connectivity index (χ3v) is 2.48. The molecule has 0 bridgehead atoms. The molecule has 100 valence electrons. The van der Waals surface area contributed by atoms with Crippen LogP contribution in [-0.4, -0.2) is 25.1 Å². The van der Waals surface area contributed by atoms with Crippen molar-refractivity contribution in [2.75, 3.05) is 5.32 Å². The van der Waals surface area contributed by atoms with Crippen molar-refractivity contribution < 1.29 is 17.9 Å². The molecule has 0 aliphatic rings. The number of ether oxygens (including phenoxy) is 1. The molecule has 0 aliphatic carbocycles. The quantitative estimate of drug-likeness (QED) is 0.837. The third-order valence-electron chi connectivity index (χ3n) is 1.67. The Bertz CT molecular complexity index is 548. The van der Waals surface area contributed by atoms with Gasteiger partial charge in [-0.1, -0.05) is 0 Å². The minimum absolute atomic E-state index is 0.239. The molecule has 0 unspecified atom stereocenters. The largest absolute Gasteiger partial charge is 0.444 e. The van der Waals surface area contributed by atoms with Gasteiger partial charge in [0.2, 0.25) is 0 Å². The van der Waals surface area contributed by atoms with Crippen LogP contribution < -0.4 is 10.5 Å². The fourth-order valence-corrected chi connectivity index (χ4v) is 1.56. The van der Waals surface area contributed by atoms with Crippen LogP contribution in [0, 0.1) is 0 Å². The smallest absolute Gasteiger partial charge is 0.412 e. The molecule has 8 heteroatoms. The lowest BCUT2D eigenvalue weighted by Crippen LogP contribution is -2.27. The average molecular weight is 273 g/mol. The van der Waals surface area contributed by atoms with Gasteiger partial charge in [0, 0.05) is 18.0 Å². The second kappa shape index (κ2) is 4.91. The van der Waals surface area contributed by atoms with E-state index in [9.17, 15) is 13.2 Å². The molecule has 0 fully saturated rings. The van der Waals surface area contributed by atoms with E-state index >= 15 is 0 Å². The lowest BCUT2D eigenvalue weighted by Gasteiger charge is -2.19. The van der Waals surface area contributed by atoms with Crippen LogP contribution in [0.2, 0.25) is 0 Å². The molecule has 1 amide bonds. The highest BCUT2D eigenvalue weighted by Gasteiger charge is 2.17. The Kier molecular flexibility index (Phi) is 3.92. The maximum atomic E-state index is 11.5. The number of carbonyl (C=O) groups excluding carboxylic acids is 1. The van der Waals surface area contributed by atoms with Gasteiger partial charge in [-0.3, -0.25) is 5.32 Å². The molecule has 3 N–H and O–H groups in total. The first kappa shape index (κ1) is 14.4. The van der Waals surface area contributed by atoms with E-state index in [1.54, 1.807) is 20.8 Å². The Labute approximate surface area is 105 Å². The van der Waals surface area contributed by atoms with E-state index in [0.29, 0.717) is 0 Å². The number of pyridine rings is 1. The van der Waals surface area contributed by atoms with Crippen LogP contribution in [0.3, 0.4) is 0 Å². The van der Waals surface area contributed by atoms with Crippen LogP contribution in [0.15, 0.2) is 23.4 Å². The first-order valence-electron chi connectivity index (χ1n) is 5.07. The summed E-state index contributed by atoms with van der Waals surface area (Å²) >= 11 is 0. The zero-order valence-corrected chi connectivity index (χ0v) is 11.1. The van der Waals surface area contributed by atoms with Gasteiger partial charge in [-0.25, -0.2) is 23.3 Å². The van der Waals surface area contributed by atoms with Gasteiger partial charge in [0.15, 0.2) is 5.03 Å². The summed E-state index contributed by atoms with van der Waals surface area (Å²) in [6.45, 7) is 5.15. The Balaban J connectivity index is 2.84. The zero-order valence-electron chi connectivity index (χ0n) is 10.3. The van der Waals surface area contributed by atoms with Crippen molar-refractivity contribution in [3.8, 4) is 0 Å². The fourth-order valence-electron chi connectivity index (χ4n) is 1.06. The van der Waals surface area contributed by atoms with E-state index in [2.05, 4.69) is 10.3 Å². The van der Waals surface area contributed by atoms with Gasteiger partial charge < -0.3 is 4.74 Å². The molecule has 0 saturated heterocycles. The van der Waals surface area contributed by atoms with Gasteiger partial charge >= 0.3 is 6.09 Å². The number of nitrogens with one attached hydrogen (secondary N) is 1. The van der Waals surface area contributed by atoms with Crippen molar-refractivity contribution in [1.29, 1.82) is 0 Å². The van der Waals surface area contributed by atoms with Gasteiger partial charge in [0.25, 0.3) is 10.0 Å². The van der Waals surface area contributed by atoms with Crippen molar-refractivity contribution in [2.45, 2.75) is 31.4 Å². The van der Waals surface area contributed by atoms with E-state index < -0.39 is 21.7 Å². The normalized spacial score (nSPS) is 12.0. The van der Waals surface area contributed by atoms with Crippen molar-refractivity contribution >= 4 is 21.8 Å². The Morgan fingerprint density at radius 3 is 2.56 bits per heavy atom. The van der Waals surface area contributed by atoms with Gasteiger partial charge in [0.1, 0.15) is 5.60 Å². The summed E-state index contributed by atoms with van der Waals surface area (Å²) in [4.78, 5) is 15.0. The van der Waals surface area contributed by atoms with Crippen LogP contribution in [-0.2, 0) is 14.8 Å². The molecule has 0 aromatic carbocycles. The number of nitrogens with zero attached hydrogens (tertiary/aromatic N) is 1. The van der Waals surface area contributed by atoms with Crippen molar-refractivity contribution in [1.82, 2.24) is 4.98 Å². The molecule has 0 radical (unpaired) electrons. The second-order valence-electron chi connectivity index (χ2n) is 4.55. The molecular weight excluding hydrogens is 258 g/mol. The second-order valence-corrected chi connectivity index (χ2v) is 6.06. The SMILES string of the molecule is CC(C)(C)OC(=O)Nc1ccnc(S(N)(=O)=O)c1. The van der Waals surface area contributed by atoms with Crippen LogP contribution in [0.5, 0.6) is 0 Å². The van der Waals surface area contributed by atoms with Crippen LogP contribution in [0.4, 0.5) is 10.5 Å². The lowest BCUT2D eigenvalue weighted by atomic mass is 10.2. The fraction of sp³-hybridized carbons (Fsp3) is 0.400. The molecule has 1 aromatic heterocycles. The van der Waals surface area contributed by atoms with Crippen molar-refractivity contribution in [2.24, 2.45) is 5.14 Å². The Morgan fingerprint density at radius 2 is 2.06 bits per heavy atom. The average Bonchev–Trinajstić information content (AvgIpc) is 2.13. The van der Waals surface area contributed by atoms with E-state index in [1.165, 1.54) is 12.3 Å². The zero-order chi connectivity index (χ0) is 14.0. The predicted molar refractivity (Wildman–Crippen MR) is 65.5 cm³/mol. The number of hydrogen-bond acceptors (Lipinski definition) is 5. The van der Waals surface area contributed by atoms with Gasteiger partial charge in [-0.15, -0.1) is 0 Å². The molecule has 1 heterocycles. The van der Waals surface area contributed by atoms with E-state index in [1.807, 2.05) is 0 Å². The minimum Gasteiger partial charge on any atom is -0.444 e. The highest BCUT2D eigenvalue weighted by molar-refractivity contribution is 7.89. The number of sulfonamides is 1. The van der Waals surface area contributed by atoms with Crippen LogP contribution in [0.25, 0.3) is 0 Å². The van der Waals surface area contributed by atoms with Crippen molar-refractivity contribution in [3.05, 3.63) is 18.3 Å². The minimum atomic E-state index is -3.90. The number of primary sulfonamides is 1. The first-order chi connectivity index (χ1) is 8.08. The van der Waals surface area contributed by atoms with Crippen LogP contribution >= 0.6 is 0 Å². The number of carbonyl (C=O) groups is 1. The number of rotatable bonds is 2. The molecule has 1 aromatic rings. The van der Waals surface area contributed by atoms with Crippen LogP contribution in [0.1, 0.15) is 20.8 Å². The molecule has 18 heavy (non-hydrogen) atoms. The standard InChI is InChI=1S/C10H15N3O4S/c1-10(2,3)17-9(14)13-7-4-5-12-8(6-7)18(11,15)16/h4-6H,1-3H3,(H2,11,15,16)(H,12,13,14). The first-order valence-corrected chi connectivity index (χ1v) is 6.61. The Hall–Kier alpha value is -1.67. The summed E-state index contributed by atoms with van der Waals surface area (Å²) in [5.41, 5.74) is -0.400. The number of aromatic nitrogens is 1. The van der Waals surface area contributed by atoms with Gasteiger partial charge in [-0.05, 0) is 26.8 Å². The molecule has 0 spiro atoms. The monoisotopic (exact) mass is 273 g/mol. The summed E-state index contributed by atoms with van der Waals surface area (Å²) in [6, 6.07) is 2.58. The summed E-state index contributed by atoms with van der Waals surface area (Å²) in [5.74, 6) is 0. The molecular formula is C10H15N3O4S. The van der Waals surface area contributed by atoms with E-state index in [-0.39, 0.29) is 10.7 Å². The summed E-state index contributed by atoms with van der Waals surface area (Å²) in [5, 5.41) is 6.99. The highest BCUT2D eigenvalue weighted by atomic mass is 32.2. The summed E-state index contributed by atoms with van der Waals surface area (Å²) < 4.78 is 27.2. The third kappa shape index (κ3) is 4.68. The van der Waals surface area contributed by atoms with E-state index in [0.717, 1.165) is 6.07 Å². The number of nitrogens with two attached hydrogens (primary N) is 1. The maximum Gasteiger partial charge on any atom is 0.412 e. The van der Waals surface area contributed by atoms with Gasteiger partial charge in [-0.2, -0.15) is 0 Å². The number of anilines is 1. The molecule has 1 rings (SSSR count). The molecule has 0 atom stereocenters. The number of amides is 1. The summed E-state index contributed by atoms with van der Waals surface area (Å²) in [7, 11) is -3.90. The predicted octanol–water partition coefficient (Wildman–Crippen LogP) is 1.08. The van der Waals surface area contributed by atoms with Gasteiger partial charge in [0.05, 0.1) is 0 Å². The van der Waals surface area contributed by atoms with E-state index in [4.69, 9.17) is 9.88 Å². The number of hydrogen-bond donors (Lipinski definition) is 2. The topological polar surface area (TPSA) is 111 Å². The molecule has 7 nitrogen and oxygen atoms in total.